The summed E-state index contributed by atoms with van der Waals surface area (Å²) in [6.45, 7) is 0.652. The van der Waals surface area contributed by atoms with Crippen LogP contribution >= 0.6 is 12.4 Å². The fourth-order valence-electron chi connectivity index (χ4n) is 4.50. The van der Waals surface area contributed by atoms with Crippen LogP contribution in [-0.4, -0.2) is 25.6 Å². The van der Waals surface area contributed by atoms with Gasteiger partial charge >= 0.3 is 5.82 Å². The fraction of sp³-hybridized carbons (Fsp3) is 0.550. The highest BCUT2D eigenvalue weighted by atomic mass is 35.5. The molecule has 2 heterocycles. The van der Waals surface area contributed by atoms with E-state index in [9.17, 15) is 10.1 Å². The van der Waals surface area contributed by atoms with Gasteiger partial charge in [-0.2, -0.15) is 5.06 Å². The van der Waals surface area contributed by atoms with Crippen molar-refractivity contribution in [3.05, 3.63) is 58.0 Å². The van der Waals surface area contributed by atoms with E-state index in [0.29, 0.717) is 12.5 Å². The number of nitrogens with zero attached hydrogens (tertiary/aromatic N) is 4. The number of aromatic nitrogens is 2. The Kier molecular flexibility index (Phi) is 6.69. The van der Waals surface area contributed by atoms with Crippen LogP contribution in [0, 0.1) is 16.0 Å². The van der Waals surface area contributed by atoms with Crippen LogP contribution in [0.5, 0.6) is 0 Å². The molecule has 2 aromatic rings. The summed E-state index contributed by atoms with van der Waals surface area (Å²) in [4.78, 5) is 21.8. The van der Waals surface area contributed by atoms with E-state index in [1.165, 1.54) is 37.4 Å². The van der Waals surface area contributed by atoms with Crippen molar-refractivity contribution in [3.8, 4) is 0 Å². The second-order valence-corrected chi connectivity index (χ2v) is 7.60. The molecule has 3 atom stereocenters. The molecule has 152 valence electrons. The zero-order valence-electron chi connectivity index (χ0n) is 16.1. The summed E-state index contributed by atoms with van der Waals surface area (Å²) in [5.74, 6) is 1.07. The number of imidazole rings is 1. The second-order valence-electron chi connectivity index (χ2n) is 7.60. The molecule has 1 aliphatic heterocycles. The van der Waals surface area contributed by atoms with Gasteiger partial charge in [-0.15, -0.1) is 12.4 Å². The predicted molar refractivity (Wildman–Crippen MR) is 108 cm³/mol. The minimum absolute atomic E-state index is 0. The van der Waals surface area contributed by atoms with Crippen molar-refractivity contribution in [2.24, 2.45) is 13.0 Å². The van der Waals surface area contributed by atoms with Crippen LogP contribution in [0.3, 0.4) is 0 Å². The number of rotatable bonds is 4. The molecule has 8 heteroatoms. The average Bonchev–Trinajstić information content (AvgIpc) is 3.16. The summed E-state index contributed by atoms with van der Waals surface area (Å²) < 4.78 is 1.62. The lowest BCUT2D eigenvalue weighted by Gasteiger charge is -2.24. The topological polar surface area (TPSA) is 73.4 Å². The Labute approximate surface area is 171 Å². The molecule has 1 aromatic carbocycles. The van der Waals surface area contributed by atoms with Crippen LogP contribution in [0.1, 0.15) is 56.0 Å². The molecule has 0 bridgehead atoms. The van der Waals surface area contributed by atoms with Gasteiger partial charge in [-0.1, -0.05) is 56.0 Å². The van der Waals surface area contributed by atoms with E-state index < -0.39 is 0 Å². The van der Waals surface area contributed by atoms with Gasteiger partial charge in [0, 0.05) is 5.92 Å². The minimum Gasteiger partial charge on any atom is -0.358 e. The monoisotopic (exact) mass is 406 g/mol. The van der Waals surface area contributed by atoms with Crippen molar-refractivity contribution in [2.45, 2.75) is 57.2 Å². The molecule has 0 spiro atoms. The Balaban J connectivity index is 0.00000225. The molecular formula is C20H27ClN4O3. The first-order chi connectivity index (χ1) is 13.1. The molecule has 3 unspecified atom stereocenters. The molecule has 0 amide bonds. The Morgan fingerprint density at radius 1 is 1.18 bits per heavy atom. The van der Waals surface area contributed by atoms with Gasteiger partial charge in [0.1, 0.15) is 12.2 Å². The zero-order valence-corrected chi connectivity index (χ0v) is 16.9. The molecule has 2 aliphatic rings. The summed E-state index contributed by atoms with van der Waals surface area (Å²) in [7, 11) is 1.73. The maximum absolute atomic E-state index is 11.3. The highest BCUT2D eigenvalue weighted by molar-refractivity contribution is 5.85. The first-order valence-corrected chi connectivity index (χ1v) is 9.78. The Morgan fingerprint density at radius 2 is 1.89 bits per heavy atom. The van der Waals surface area contributed by atoms with Crippen molar-refractivity contribution in [2.75, 3.05) is 0 Å². The number of hydroxylamine groups is 2. The normalized spacial score (nSPS) is 25.4. The van der Waals surface area contributed by atoms with Gasteiger partial charge in [-0.25, -0.2) is 9.55 Å². The first-order valence-electron chi connectivity index (χ1n) is 9.78. The Bertz CT molecular complexity index is 798. The summed E-state index contributed by atoms with van der Waals surface area (Å²) in [6, 6.07) is 10.2. The molecule has 0 N–H and O–H groups in total. The number of fused-ring (bicyclic) bond motifs is 1. The summed E-state index contributed by atoms with van der Waals surface area (Å²) in [5, 5.41) is 13.3. The highest BCUT2D eigenvalue weighted by Crippen LogP contribution is 2.45. The molecular weight excluding hydrogens is 380 g/mol. The smallest absolute Gasteiger partial charge is 0.342 e. The lowest BCUT2D eigenvalue weighted by molar-refractivity contribution is -0.391. The first kappa shape index (κ1) is 20.8. The molecule has 1 aliphatic carbocycles. The van der Waals surface area contributed by atoms with Gasteiger partial charge in [0.05, 0.1) is 19.7 Å². The highest BCUT2D eigenvalue weighted by Gasteiger charge is 2.47. The Morgan fingerprint density at radius 3 is 2.57 bits per heavy atom. The van der Waals surface area contributed by atoms with Gasteiger partial charge < -0.3 is 10.1 Å². The molecule has 2 fully saturated rings. The fourth-order valence-corrected chi connectivity index (χ4v) is 4.50. The van der Waals surface area contributed by atoms with E-state index in [-0.39, 0.29) is 35.3 Å². The van der Waals surface area contributed by atoms with Crippen molar-refractivity contribution >= 4 is 18.2 Å². The number of hydrogen-bond donors (Lipinski definition) is 0. The third kappa shape index (κ3) is 4.06. The van der Waals surface area contributed by atoms with Crippen LogP contribution in [-0.2, 0) is 18.4 Å². The standard InChI is InChI=1S/C20H26N4O3.ClH/c1-22-18(24(25)26)13-21-20(22)19-16-11-7-2-3-8-12-17(16)27-23(19)14-15-9-5-4-6-10-15;/h4-6,9-10,13,16-17,19H,2-3,7-8,11-12,14H2,1H3;1H. The number of halogens is 1. The van der Waals surface area contributed by atoms with E-state index in [1.54, 1.807) is 11.6 Å². The largest absolute Gasteiger partial charge is 0.358 e. The number of benzene rings is 1. The molecule has 0 radical (unpaired) electrons. The van der Waals surface area contributed by atoms with Crippen LogP contribution in [0.4, 0.5) is 5.82 Å². The number of nitro groups is 1. The molecule has 1 saturated heterocycles. The predicted octanol–water partition coefficient (Wildman–Crippen LogP) is 4.58. The van der Waals surface area contributed by atoms with Crippen LogP contribution in [0.15, 0.2) is 36.5 Å². The lowest BCUT2D eigenvalue weighted by Crippen LogP contribution is -2.27. The Hall–Kier alpha value is -1.96. The van der Waals surface area contributed by atoms with Gasteiger partial charge in [-0.05, 0) is 23.3 Å². The quantitative estimate of drug-likeness (QED) is 0.549. The lowest BCUT2D eigenvalue weighted by atomic mass is 9.84. The van der Waals surface area contributed by atoms with Crippen molar-refractivity contribution < 1.29 is 9.76 Å². The van der Waals surface area contributed by atoms with Gasteiger partial charge in [0.2, 0.25) is 5.82 Å². The zero-order chi connectivity index (χ0) is 18.8. The van der Waals surface area contributed by atoms with Crippen LogP contribution in [0.25, 0.3) is 0 Å². The number of hydrogen-bond acceptors (Lipinski definition) is 5. The van der Waals surface area contributed by atoms with Crippen LogP contribution in [0.2, 0.25) is 0 Å². The minimum atomic E-state index is -0.372. The van der Waals surface area contributed by atoms with Crippen LogP contribution < -0.4 is 0 Å². The SMILES string of the molecule is Cl.Cn1c([N+](=O)[O-])cnc1C1C2CCCCCCC2ON1Cc1ccccc1. The van der Waals surface area contributed by atoms with Gasteiger partial charge in [0.15, 0.2) is 0 Å². The third-order valence-electron chi connectivity index (χ3n) is 5.87. The molecule has 4 rings (SSSR count). The summed E-state index contributed by atoms with van der Waals surface area (Å²) in [6.07, 6.45) is 8.49. The molecule has 1 saturated carbocycles. The average molecular weight is 407 g/mol. The summed E-state index contributed by atoms with van der Waals surface area (Å²) in [5.41, 5.74) is 1.17. The molecule has 28 heavy (non-hydrogen) atoms. The van der Waals surface area contributed by atoms with Gasteiger partial charge in [0.25, 0.3) is 0 Å². The maximum Gasteiger partial charge on any atom is 0.342 e. The molecule has 1 aromatic heterocycles. The van der Waals surface area contributed by atoms with Gasteiger partial charge in [-0.3, -0.25) is 4.84 Å². The van der Waals surface area contributed by atoms with E-state index >= 15 is 0 Å². The summed E-state index contributed by atoms with van der Waals surface area (Å²) >= 11 is 0. The van der Waals surface area contributed by atoms with E-state index in [4.69, 9.17) is 4.84 Å². The van der Waals surface area contributed by atoms with E-state index in [2.05, 4.69) is 17.1 Å². The maximum atomic E-state index is 11.3. The molecule has 7 nitrogen and oxygen atoms in total. The van der Waals surface area contributed by atoms with E-state index in [1.807, 2.05) is 23.3 Å². The third-order valence-corrected chi connectivity index (χ3v) is 5.87. The van der Waals surface area contributed by atoms with Crippen molar-refractivity contribution in [1.29, 1.82) is 0 Å². The van der Waals surface area contributed by atoms with Crippen molar-refractivity contribution in [3.63, 3.8) is 0 Å². The van der Waals surface area contributed by atoms with Crippen molar-refractivity contribution in [1.82, 2.24) is 14.6 Å². The van der Waals surface area contributed by atoms with E-state index in [0.717, 1.165) is 18.7 Å². The second kappa shape index (κ2) is 9.03.